The fraction of sp³-hybridized carbons (Fsp3) is 0.524. The van der Waals surface area contributed by atoms with Crippen molar-refractivity contribution < 1.29 is 24.2 Å². The summed E-state index contributed by atoms with van der Waals surface area (Å²) in [4.78, 5) is 26.2. The number of esters is 1. The molecule has 1 saturated heterocycles. The molecule has 1 aromatic rings. The van der Waals surface area contributed by atoms with E-state index in [2.05, 4.69) is 0 Å². The number of ether oxygens (including phenoxy) is 2. The number of hydrogen-bond acceptors (Lipinski definition) is 5. The number of β-amino-alcohol motifs (C(OH)–C–C–N with tert-alkyl or cyclic N) is 1. The highest BCUT2D eigenvalue weighted by atomic mass is 16.6. The largest absolute Gasteiger partial charge is 0.467 e. The number of amides is 1. The van der Waals surface area contributed by atoms with E-state index in [1.54, 1.807) is 27.7 Å². The average Bonchev–Trinajstić information content (AvgIpc) is 2.85. The molecule has 0 aromatic heterocycles. The first-order valence-corrected chi connectivity index (χ1v) is 9.09. The van der Waals surface area contributed by atoms with Gasteiger partial charge in [0.25, 0.3) is 0 Å². The predicted molar refractivity (Wildman–Crippen MR) is 102 cm³/mol. The summed E-state index contributed by atoms with van der Waals surface area (Å²) in [5.41, 5.74) is -0.405. The summed E-state index contributed by atoms with van der Waals surface area (Å²) >= 11 is 0. The number of methoxy groups -OCH3 is 1. The zero-order valence-corrected chi connectivity index (χ0v) is 16.7. The Balaban J connectivity index is 2.25. The Labute approximate surface area is 160 Å². The number of allylic oxidation sites excluding steroid dienone is 1. The fourth-order valence-electron chi connectivity index (χ4n) is 3.20. The Morgan fingerprint density at radius 2 is 1.93 bits per heavy atom. The summed E-state index contributed by atoms with van der Waals surface area (Å²) in [7, 11) is 1.27. The van der Waals surface area contributed by atoms with Gasteiger partial charge in [0.05, 0.1) is 13.7 Å². The van der Waals surface area contributed by atoms with Crippen LogP contribution in [0.25, 0.3) is 0 Å². The Kier molecular flexibility index (Phi) is 6.31. The molecule has 1 N–H and O–H groups in total. The van der Waals surface area contributed by atoms with Crippen LogP contribution in [0.3, 0.4) is 0 Å². The molecule has 1 aliphatic rings. The van der Waals surface area contributed by atoms with Gasteiger partial charge in [0.1, 0.15) is 11.2 Å². The molecule has 6 nitrogen and oxygen atoms in total. The molecule has 2 atom stereocenters. The highest BCUT2D eigenvalue weighted by Crippen LogP contribution is 2.35. The van der Waals surface area contributed by atoms with Crippen molar-refractivity contribution in [2.45, 2.75) is 57.8 Å². The maximum Gasteiger partial charge on any atom is 0.411 e. The molecule has 0 spiro atoms. The lowest BCUT2D eigenvalue weighted by atomic mass is 9.93. The monoisotopic (exact) mass is 375 g/mol. The van der Waals surface area contributed by atoms with Gasteiger partial charge in [0.2, 0.25) is 0 Å². The molecular weight excluding hydrogens is 346 g/mol. The van der Waals surface area contributed by atoms with Gasteiger partial charge < -0.3 is 14.6 Å². The van der Waals surface area contributed by atoms with Crippen molar-refractivity contribution in [2.75, 3.05) is 13.7 Å². The quantitative estimate of drug-likeness (QED) is 0.646. The van der Waals surface area contributed by atoms with E-state index in [-0.39, 0.29) is 6.54 Å². The van der Waals surface area contributed by atoms with E-state index >= 15 is 0 Å². The maximum atomic E-state index is 12.6. The number of aliphatic hydroxyl groups is 1. The van der Waals surface area contributed by atoms with Crippen LogP contribution < -0.4 is 0 Å². The van der Waals surface area contributed by atoms with Crippen molar-refractivity contribution in [1.29, 1.82) is 0 Å². The van der Waals surface area contributed by atoms with E-state index in [0.29, 0.717) is 12.0 Å². The summed E-state index contributed by atoms with van der Waals surface area (Å²) in [5, 5.41) is 10.9. The van der Waals surface area contributed by atoms with E-state index < -0.39 is 29.3 Å². The van der Waals surface area contributed by atoms with Gasteiger partial charge in [-0.15, -0.1) is 0 Å². The van der Waals surface area contributed by atoms with Crippen LogP contribution >= 0.6 is 0 Å². The second-order valence-corrected chi connectivity index (χ2v) is 7.99. The van der Waals surface area contributed by atoms with E-state index in [4.69, 9.17) is 9.47 Å². The third-order valence-corrected chi connectivity index (χ3v) is 4.40. The van der Waals surface area contributed by atoms with Crippen LogP contribution in [0.4, 0.5) is 4.79 Å². The standard InChI is InChI=1S/C21H29NO5/c1-20(2,3)27-19(24)22-14-21(4,25)16(17(22)18(23)26-5)13-9-12-15-10-7-6-8-11-15/h6-8,10-11,13,17,25H,9,12,14H2,1-5H3/b16-13+/t17-,21+/m0/s1. The summed E-state index contributed by atoms with van der Waals surface area (Å²) in [5.74, 6) is -0.593. The molecule has 1 amide bonds. The number of carbonyl (C=O) groups excluding carboxylic acids is 2. The average molecular weight is 375 g/mol. The molecule has 0 bridgehead atoms. The minimum atomic E-state index is -1.33. The zero-order valence-electron chi connectivity index (χ0n) is 16.7. The van der Waals surface area contributed by atoms with Crippen molar-refractivity contribution in [1.82, 2.24) is 4.90 Å². The predicted octanol–water partition coefficient (Wildman–Crippen LogP) is 3.09. The molecule has 1 fully saturated rings. The molecule has 6 heteroatoms. The van der Waals surface area contributed by atoms with Gasteiger partial charge in [0.15, 0.2) is 6.04 Å². The van der Waals surface area contributed by atoms with Crippen LogP contribution in [-0.4, -0.2) is 53.0 Å². The van der Waals surface area contributed by atoms with Crippen LogP contribution in [0.5, 0.6) is 0 Å². The minimum absolute atomic E-state index is 0.0289. The number of carbonyl (C=O) groups is 2. The van der Waals surface area contributed by atoms with Gasteiger partial charge in [-0.25, -0.2) is 9.59 Å². The van der Waals surface area contributed by atoms with E-state index in [1.807, 2.05) is 36.4 Å². The number of benzene rings is 1. The first-order chi connectivity index (χ1) is 12.5. The topological polar surface area (TPSA) is 76.1 Å². The summed E-state index contributed by atoms with van der Waals surface area (Å²) in [6, 6.07) is 8.95. The third-order valence-electron chi connectivity index (χ3n) is 4.40. The lowest BCUT2D eigenvalue weighted by molar-refractivity contribution is -0.144. The van der Waals surface area contributed by atoms with Gasteiger partial charge in [0, 0.05) is 0 Å². The lowest BCUT2D eigenvalue weighted by Gasteiger charge is -2.27. The molecule has 27 heavy (non-hydrogen) atoms. The van der Waals surface area contributed by atoms with Crippen LogP contribution in [-0.2, 0) is 20.7 Å². The van der Waals surface area contributed by atoms with E-state index in [9.17, 15) is 14.7 Å². The molecule has 0 unspecified atom stereocenters. The summed E-state index contributed by atoms with van der Waals surface area (Å²) in [6.07, 6.45) is 2.58. The molecule has 148 valence electrons. The Bertz CT molecular complexity index is 703. The smallest absolute Gasteiger partial charge is 0.411 e. The van der Waals surface area contributed by atoms with Crippen LogP contribution in [0.1, 0.15) is 39.7 Å². The van der Waals surface area contributed by atoms with Crippen molar-refractivity contribution in [3.05, 3.63) is 47.5 Å². The number of rotatable bonds is 4. The minimum Gasteiger partial charge on any atom is -0.467 e. The summed E-state index contributed by atoms with van der Waals surface area (Å²) in [6.45, 7) is 6.83. The molecule has 2 rings (SSSR count). The highest BCUT2D eigenvalue weighted by Gasteiger charge is 2.51. The molecule has 0 saturated carbocycles. The van der Waals surface area contributed by atoms with E-state index in [1.165, 1.54) is 12.0 Å². The Morgan fingerprint density at radius 1 is 1.30 bits per heavy atom. The van der Waals surface area contributed by atoms with Gasteiger partial charge in [-0.3, -0.25) is 4.90 Å². The number of aryl methyl sites for hydroxylation is 1. The van der Waals surface area contributed by atoms with Gasteiger partial charge in [-0.1, -0.05) is 36.4 Å². The van der Waals surface area contributed by atoms with Crippen LogP contribution in [0.15, 0.2) is 42.0 Å². The first-order valence-electron chi connectivity index (χ1n) is 9.09. The van der Waals surface area contributed by atoms with Crippen molar-refractivity contribution >= 4 is 12.1 Å². The molecule has 1 aliphatic heterocycles. The molecule has 1 aromatic carbocycles. The van der Waals surface area contributed by atoms with Crippen LogP contribution in [0.2, 0.25) is 0 Å². The molecule has 0 aliphatic carbocycles. The molecule has 1 heterocycles. The normalized spacial score (nSPS) is 24.1. The Morgan fingerprint density at radius 3 is 2.48 bits per heavy atom. The fourth-order valence-corrected chi connectivity index (χ4v) is 3.20. The third kappa shape index (κ3) is 5.32. The highest BCUT2D eigenvalue weighted by molar-refractivity contribution is 5.86. The van der Waals surface area contributed by atoms with Crippen LogP contribution in [0, 0.1) is 0 Å². The number of hydrogen-bond donors (Lipinski definition) is 1. The van der Waals surface area contributed by atoms with Gasteiger partial charge >= 0.3 is 12.1 Å². The zero-order chi connectivity index (χ0) is 20.2. The van der Waals surface area contributed by atoms with Gasteiger partial charge in [-0.05, 0) is 51.7 Å². The maximum absolute atomic E-state index is 12.6. The van der Waals surface area contributed by atoms with E-state index in [0.717, 1.165) is 12.0 Å². The number of nitrogens with zero attached hydrogens (tertiary/aromatic N) is 1. The van der Waals surface area contributed by atoms with Crippen molar-refractivity contribution in [3.63, 3.8) is 0 Å². The van der Waals surface area contributed by atoms with Crippen molar-refractivity contribution in [3.8, 4) is 0 Å². The second kappa shape index (κ2) is 8.13. The number of likely N-dealkylation sites (tertiary alicyclic amines) is 1. The van der Waals surface area contributed by atoms with Crippen molar-refractivity contribution in [2.24, 2.45) is 0 Å². The molecular formula is C21H29NO5. The second-order valence-electron chi connectivity index (χ2n) is 7.99. The SMILES string of the molecule is COC(=O)[C@@H]1/C(=C\CCc2ccccc2)[C@](C)(O)CN1C(=O)OC(C)(C)C. The molecule has 0 radical (unpaired) electrons. The Hall–Kier alpha value is -2.34. The first kappa shape index (κ1) is 21.0. The summed E-state index contributed by atoms with van der Waals surface area (Å²) < 4.78 is 10.3. The lowest BCUT2D eigenvalue weighted by Crippen LogP contribution is -2.44. The van der Waals surface area contributed by atoms with Gasteiger partial charge in [-0.2, -0.15) is 0 Å².